The molecule has 0 spiro atoms. The zero-order valence-corrected chi connectivity index (χ0v) is 12.1. The summed E-state index contributed by atoms with van der Waals surface area (Å²) in [5.41, 5.74) is 1.53. The molecular weight excluding hydrogens is 276 g/mol. The highest BCUT2D eigenvalue weighted by molar-refractivity contribution is 5.71. The molecule has 0 radical (unpaired) electrons. The van der Waals surface area contributed by atoms with Crippen molar-refractivity contribution in [1.29, 1.82) is 0 Å². The highest BCUT2D eigenvalue weighted by atomic mass is 16.5. The van der Waals surface area contributed by atoms with E-state index in [0.29, 0.717) is 11.6 Å². The Morgan fingerprint density at radius 1 is 1.00 bits per heavy atom. The van der Waals surface area contributed by atoms with Crippen LogP contribution in [0, 0.1) is 5.92 Å². The third kappa shape index (κ3) is 2.57. The Labute approximate surface area is 128 Å². The normalized spacial score (nSPS) is 14.8. The average Bonchev–Trinajstić information content (AvgIpc) is 2.54. The molecule has 0 aliphatic carbocycles. The first-order valence-corrected chi connectivity index (χ1v) is 7.39. The maximum atomic E-state index is 5.79. The minimum Gasteiger partial charge on any atom is -0.493 e. The number of para-hydroxylation sites is 1. The maximum absolute atomic E-state index is 5.79. The standard InChI is InChI=1S/C17H16N4O/c1-2-4-14(5-3-1)22-12-13-10-21(11-13)16-7-6-15-17(20-16)19-9-8-18-15/h1-9,13H,10-12H2. The van der Waals surface area contributed by atoms with Gasteiger partial charge in [0, 0.05) is 31.4 Å². The van der Waals surface area contributed by atoms with Gasteiger partial charge < -0.3 is 9.64 Å². The van der Waals surface area contributed by atoms with Crippen LogP contribution in [0.15, 0.2) is 54.9 Å². The summed E-state index contributed by atoms with van der Waals surface area (Å²) in [4.78, 5) is 15.3. The van der Waals surface area contributed by atoms with E-state index < -0.39 is 0 Å². The summed E-state index contributed by atoms with van der Waals surface area (Å²) in [6, 6.07) is 13.9. The lowest BCUT2D eigenvalue weighted by atomic mass is 10.0. The van der Waals surface area contributed by atoms with Crippen LogP contribution in [0.25, 0.3) is 11.2 Å². The Kier molecular flexibility index (Phi) is 3.31. The summed E-state index contributed by atoms with van der Waals surface area (Å²) in [5, 5.41) is 0. The quantitative estimate of drug-likeness (QED) is 0.739. The fourth-order valence-corrected chi connectivity index (χ4v) is 2.61. The summed E-state index contributed by atoms with van der Waals surface area (Å²) in [6.07, 6.45) is 3.36. The first kappa shape index (κ1) is 13.0. The zero-order chi connectivity index (χ0) is 14.8. The van der Waals surface area contributed by atoms with Crippen LogP contribution in [-0.4, -0.2) is 34.6 Å². The van der Waals surface area contributed by atoms with Crippen LogP contribution in [0.5, 0.6) is 5.75 Å². The molecule has 5 nitrogen and oxygen atoms in total. The summed E-state index contributed by atoms with van der Waals surface area (Å²) >= 11 is 0. The second-order valence-corrected chi connectivity index (χ2v) is 5.46. The molecule has 2 aromatic heterocycles. The maximum Gasteiger partial charge on any atom is 0.180 e. The van der Waals surface area contributed by atoms with Crippen molar-refractivity contribution in [3.63, 3.8) is 0 Å². The van der Waals surface area contributed by atoms with Gasteiger partial charge in [-0.3, -0.25) is 4.98 Å². The highest BCUT2D eigenvalue weighted by Gasteiger charge is 2.28. The summed E-state index contributed by atoms with van der Waals surface area (Å²) in [7, 11) is 0. The van der Waals surface area contributed by atoms with Gasteiger partial charge in [0.25, 0.3) is 0 Å². The molecule has 1 aliphatic heterocycles. The van der Waals surface area contributed by atoms with Crippen LogP contribution in [0.3, 0.4) is 0 Å². The van der Waals surface area contributed by atoms with Crippen molar-refractivity contribution in [3.05, 3.63) is 54.9 Å². The van der Waals surface area contributed by atoms with E-state index in [2.05, 4.69) is 19.9 Å². The number of hydrogen-bond acceptors (Lipinski definition) is 5. The van der Waals surface area contributed by atoms with Crippen molar-refractivity contribution < 1.29 is 4.74 Å². The van der Waals surface area contributed by atoms with Gasteiger partial charge in [0.15, 0.2) is 5.65 Å². The van der Waals surface area contributed by atoms with Crippen LogP contribution in [-0.2, 0) is 0 Å². The van der Waals surface area contributed by atoms with E-state index in [1.807, 2.05) is 42.5 Å². The van der Waals surface area contributed by atoms with Crippen molar-refractivity contribution in [2.24, 2.45) is 5.92 Å². The number of fused-ring (bicyclic) bond motifs is 1. The van der Waals surface area contributed by atoms with Gasteiger partial charge in [0.2, 0.25) is 0 Å². The topological polar surface area (TPSA) is 51.1 Å². The lowest BCUT2D eigenvalue weighted by molar-refractivity contribution is 0.220. The SMILES string of the molecule is c1ccc(OCC2CN(c3ccc4nccnc4n3)C2)cc1. The van der Waals surface area contributed by atoms with Crippen molar-refractivity contribution >= 4 is 17.0 Å². The Hall–Kier alpha value is -2.69. The summed E-state index contributed by atoms with van der Waals surface area (Å²) in [6.45, 7) is 2.67. The molecule has 0 N–H and O–H groups in total. The van der Waals surface area contributed by atoms with E-state index in [9.17, 15) is 0 Å². The van der Waals surface area contributed by atoms with Gasteiger partial charge in [-0.2, -0.15) is 0 Å². The van der Waals surface area contributed by atoms with E-state index >= 15 is 0 Å². The van der Waals surface area contributed by atoms with Crippen molar-refractivity contribution in [2.75, 3.05) is 24.6 Å². The second-order valence-electron chi connectivity index (χ2n) is 5.46. The minimum absolute atomic E-state index is 0.541. The molecule has 110 valence electrons. The van der Waals surface area contributed by atoms with Gasteiger partial charge in [0.1, 0.15) is 17.1 Å². The molecule has 0 atom stereocenters. The largest absolute Gasteiger partial charge is 0.493 e. The average molecular weight is 292 g/mol. The molecule has 3 aromatic rings. The van der Waals surface area contributed by atoms with Gasteiger partial charge in [-0.15, -0.1) is 0 Å². The number of nitrogens with zero attached hydrogens (tertiary/aromatic N) is 4. The number of rotatable bonds is 4. The van der Waals surface area contributed by atoms with Crippen LogP contribution < -0.4 is 9.64 Å². The van der Waals surface area contributed by atoms with Crippen LogP contribution >= 0.6 is 0 Å². The highest BCUT2D eigenvalue weighted by Crippen LogP contribution is 2.24. The number of aromatic nitrogens is 3. The van der Waals surface area contributed by atoms with Crippen molar-refractivity contribution in [3.8, 4) is 5.75 Å². The van der Waals surface area contributed by atoms with E-state index in [0.717, 1.165) is 36.8 Å². The molecule has 0 amide bonds. The molecule has 1 saturated heterocycles. The minimum atomic E-state index is 0.541. The van der Waals surface area contributed by atoms with E-state index in [4.69, 9.17) is 4.74 Å². The molecule has 1 fully saturated rings. The lowest BCUT2D eigenvalue weighted by Gasteiger charge is -2.39. The third-order valence-electron chi connectivity index (χ3n) is 3.83. The number of anilines is 1. The van der Waals surface area contributed by atoms with Gasteiger partial charge in [0.05, 0.1) is 6.61 Å². The fourth-order valence-electron chi connectivity index (χ4n) is 2.61. The van der Waals surface area contributed by atoms with Crippen LogP contribution in [0.2, 0.25) is 0 Å². The smallest absolute Gasteiger partial charge is 0.180 e. The van der Waals surface area contributed by atoms with E-state index in [1.54, 1.807) is 12.4 Å². The Morgan fingerprint density at radius 2 is 1.82 bits per heavy atom. The first-order chi connectivity index (χ1) is 10.9. The van der Waals surface area contributed by atoms with E-state index in [-0.39, 0.29) is 0 Å². The molecule has 1 aliphatic rings. The molecule has 5 heteroatoms. The molecule has 4 rings (SSSR count). The van der Waals surface area contributed by atoms with Crippen molar-refractivity contribution in [1.82, 2.24) is 15.0 Å². The predicted octanol–water partition coefficient (Wildman–Crippen LogP) is 2.54. The molecule has 22 heavy (non-hydrogen) atoms. The Balaban J connectivity index is 1.36. The second kappa shape index (κ2) is 5.60. The molecule has 3 heterocycles. The zero-order valence-electron chi connectivity index (χ0n) is 12.1. The van der Waals surface area contributed by atoms with Gasteiger partial charge in [-0.25, -0.2) is 9.97 Å². The molecular formula is C17H16N4O. The number of pyridine rings is 1. The lowest BCUT2D eigenvalue weighted by Crippen LogP contribution is -2.49. The number of hydrogen-bond donors (Lipinski definition) is 0. The van der Waals surface area contributed by atoms with Crippen LogP contribution in [0.1, 0.15) is 0 Å². The summed E-state index contributed by atoms with van der Waals surface area (Å²) in [5.74, 6) is 2.43. The monoisotopic (exact) mass is 292 g/mol. The Bertz CT molecular complexity index is 772. The molecule has 0 unspecified atom stereocenters. The van der Waals surface area contributed by atoms with Crippen LogP contribution in [0.4, 0.5) is 5.82 Å². The van der Waals surface area contributed by atoms with Gasteiger partial charge in [-0.1, -0.05) is 18.2 Å². The van der Waals surface area contributed by atoms with E-state index in [1.165, 1.54) is 0 Å². The Morgan fingerprint density at radius 3 is 2.68 bits per heavy atom. The predicted molar refractivity (Wildman–Crippen MR) is 85.0 cm³/mol. The van der Waals surface area contributed by atoms with Gasteiger partial charge in [-0.05, 0) is 24.3 Å². The molecule has 0 saturated carbocycles. The summed E-state index contributed by atoms with van der Waals surface area (Å²) < 4.78 is 5.79. The fraction of sp³-hybridized carbons (Fsp3) is 0.235. The van der Waals surface area contributed by atoms with Gasteiger partial charge >= 0.3 is 0 Å². The third-order valence-corrected chi connectivity index (χ3v) is 3.83. The molecule has 0 bridgehead atoms. The van der Waals surface area contributed by atoms with Crippen molar-refractivity contribution in [2.45, 2.75) is 0 Å². The molecule has 1 aromatic carbocycles. The number of ether oxygens (including phenoxy) is 1. The number of benzene rings is 1. The first-order valence-electron chi connectivity index (χ1n) is 7.39.